The van der Waals surface area contributed by atoms with Crippen molar-refractivity contribution in [1.29, 1.82) is 0 Å². The second-order valence-electron chi connectivity index (χ2n) is 6.37. The molecule has 1 heterocycles. The van der Waals surface area contributed by atoms with E-state index in [2.05, 4.69) is 15.0 Å². The number of aromatic nitrogens is 1. The van der Waals surface area contributed by atoms with Crippen LogP contribution >= 0.6 is 11.3 Å². The van der Waals surface area contributed by atoms with Gasteiger partial charge in [-0.1, -0.05) is 24.3 Å². The molecule has 0 saturated carbocycles. The second-order valence-corrected chi connectivity index (χ2v) is 7.49. The summed E-state index contributed by atoms with van der Waals surface area (Å²) >= 11 is 1.63. The lowest BCUT2D eigenvalue weighted by atomic mass is 10.1. The maximum atomic E-state index is 12.1. The quantitative estimate of drug-likeness (QED) is 0.590. The van der Waals surface area contributed by atoms with Crippen LogP contribution in [0, 0.1) is 0 Å². The highest BCUT2D eigenvalue weighted by Crippen LogP contribution is 2.22. The average Bonchev–Trinajstić information content (AvgIpc) is 3.04. The van der Waals surface area contributed by atoms with Crippen LogP contribution in [0.3, 0.4) is 0 Å². The van der Waals surface area contributed by atoms with Crippen LogP contribution < -0.4 is 10.1 Å². The van der Waals surface area contributed by atoms with E-state index >= 15 is 0 Å². The predicted molar refractivity (Wildman–Crippen MR) is 106 cm³/mol. The van der Waals surface area contributed by atoms with Gasteiger partial charge < -0.3 is 10.1 Å². The zero-order valence-electron chi connectivity index (χ0n) is 15.4. The van der Waals surface area contributed by atoms with E-state index in [1.54, 1.807) is 23.5 Å². The third-order valence-corrected chi connectivity index (χ3v) is 5.06. The molecule has 0 atom stereocenters. The number of rotatable bonds is 9. The molecule has 148 valence electrons. The molecule has 0 unspecified atom stereocenters. The smallest absolute Gasteiger partial charge is 0.387 e. The van der Waals surface area contributed by atoms with Gasteiger partial charge in [-0.2, -0.15) is 8.78 Å². The first kappa shape index (κ1) is 20.2. The van der Waals surface area contributed by atoms with E-state index in [9.17, 15) is 13.6 Å². The maximum Gasteiger partial charge on any atom is 0.387 e. The largest absolute Gasteiger partial charge is 0.435 e. The van der Waals surface area contributed by atoms with Gasteiger partial charge in [0.2, 0.25) is 5.91 Å². The van der Waals surface area contributed by atoms with Gasteiger partial charge in [-0.05, 0) is 43.3 Å². The number of carbonyl (C=O) groups excluding carboxylic acids is 1. The molecule has 2 aromatic carbocycles. The van der Waals surface area contributed by atoms with Gasteiger partial charge in [0.25, 0.3) is 0 Å². The first-order valence-corrected chi connectivity index (χ1v) is 9.64. The van der Waals surface area contributed by atoms with Gasteiger partial charge in [-0.3, -0.25) is 9.69 Å². The Morgan fingerprint density at radius 2 is 1.96 bits per heavy atom. The molecule has 3 aromatic rings. The number of amides is 1. The highest BCUT2D eigenvalue weighted by Gasteiger charge is 2.10. The van der Waals surface area contributed by atoms with E-state index in [1.807, 2.05) is 36.2 Å². The van der Waals surface area contributed by atoms with Crippen molar-refractivity contribution in [2.75, 3.05) is 20.1 Å². The van der Waals surface area contributed by atoms with E-state index < -0.39 is 6.61 Å². The van der Waals surface area contributed by atoms with Crippen molar-refractivity contribution in [2.24, 2.45) is 0 Å². The lowest BCUT2D eigenvalue weighted by Crippen LogP contribution is -2.35. The molecule has 28 heavy (non-hydrogen) atoms. The van der Waals surface area contributed by atoms with E-state index in [0.717, 1.165) is 20.8 Å². The van der Waals surface area contributed by atoms with Crippen molar-refractivity contribution >= 4 is 27.5 Å². The number of hydrogen-bond acceptors (Lipinski definition) is 5. The van der Waals surface area contributed by atoms with Gasteiger partial charge in [0, 0.05) is 6.54 Å². The SMILES string of the molecule is CN(CC(=O)NCCc1ccc(OC(F)F)cc1)Cc1nc2ccccc2s1. The minimum atomic E-state index is -2.83. The first-order valence-electron chi connectivity index (χ1n) is 8.83. The first-order chi connectivity index (χ1) is 13.5. The minimum Gasteiger partial charge on any atom is -0.435 e. The molecule has 0 aliphatic carbocycles. The van der Waals surface area contributed by atoms with Crippen LogP contribution in [0.4, 0.5) is 8.78 Å². The van der Waals surface area contributed by atoms with Gasteiger partial charge >= 0.3 is 6.61 Å². The molecule has 0 spiro atoms. The highest BCUT2D eigenvalue weighted by molar-refractivity contribution is 7.18. The Morgan fingerprint density at radius 1 is 1.21 bits per heavy atom. The monoisotopic (exact) mass is 405 g/mol. The fraction of sp³-hybridized carbons (Fsp3) is 0.300. The van der Waals surface area contributed by atoms with Gasteiger partial charge in [-0.15, -0.1) is 11.3 Å². The predicted octanol–water partition coefficient (Wildman–Crippen LogP) is 3.69. The summed E-state index contributed by atoms with van der Waals surface area (Å²) < 4.78 is 29.7. The number of nitrogens with zero attached hydrogens (tertiary/aromatic N) is 2. The summed E-state index contributed by atoms with van der Waals surface area (Å²) in [6.45, 7) is -1.47. The molecule has 0 saturated heterocycles. The highest BCUT2D eigenvalue weighted by atomic mass is 32.1. The van der Waals surface area contributed by atoms with Crippen LogP contribution in [0.5, 0.6) is 5.75 Å². The van der Waals surface area contributed by atoms with Crippen molar-refractivity contribution in [3.63, 3.8) is 0 Å². The van der Waals surface area contributed by atoms with Gasteiger partial charge in [0.05, 0.1) is 23.3 Å². The molecular formula is C20H21F2N3O2S. The van der Waals surface area contributed by atoms with Crippen LogP contribution in [-0.2, 0) is 17.8 Å². The molecular weight excluding hydrogens is 384 g/mol. The minimum absolute atomic E-state index is 0.0683. The van der Waals surface area contributed by atoms with E-state index in [4.69, 9.17) is 0 Å². The van der Waals surface area contributed by atoms with Crippen molar-refractivity contribution in [1.82, 2.24) is 15.2 Å². The Kier molecular flexibility index (Phi) is 6.89. The number of benzene rings is 2. The third kappa shape index (κ3) is 5.97. The fourth-order valence-electron chi connectivity index (χ4n) is 2.76. The van der Waals surface area contributed by atoms with Crippen molar-refractivity contribution in [2.45, 2.75) is 19.6 Å². The topological polar surface area (TPSA) is 54.5 Å². The summed E-state index contributed by atoms with van der Waals surface area (Å²) in [5.74, 6) is 0.0560. The molecule has 3 rings (SSSR count). The van der Waals surface area contributed by atoms with Gasteiger partial charge in [0.1, 0.15) is 10.8 Å². The second kappa shape index (κ2) is 9.57. The van der Waals surface area contributed by atoms with E-state index in [1.165, 1.54) is 12.1 Å². The molecule has 1 N–H and O–H groups in total. The number of carbonyl (C=O) groups is 1. The third-order valence-electron chi connectivity index (χ3n) is 4.04. The Bertz CT molecular complexity index is 882. The molecule has 1 amide bonds. The zero-order valence-corrected chi connectivity index (χ0v) is 16.2. The molecule has 0 radical (unpaired) electrons. The van der Waals surface area contributed by atoms with Crippen LogP contribution in [0.1, 0.15) is 10.6 Å². The van der Waals surface area contributed by atoms with Gasteiger partial charge in [-0.25, -0.2) is 4.98 Å². The summed E-state index contributed by atoms with van der Waals surface area (Å²) in [5.41, 5.74) is 1.91. The standard InChI is InChI=1S/C20H21F2N3O2S/c1-25(13-19-24-16-4-2-3-5-17(16)28-19)12-18(26)23-11-10-14-6-8-15(9-7-14)27-20(21)22/h2-9,20H,10-13H2,1H3,(H,23,26). The number of para-hydroxylation sites is 1. The van der Waals surface area contributed by atoms with Crippen LogP contribution in [-0.4, -0.2) is 42.5 Å². The molecule has 0 bridgehead atoms. The van der Waals surface area contributed by atoms with E-state index in [0.29, 0.717) is 19.5 Å². The Hall–Kier alpha value is -2.58. The summed E-state index contributed by atoms with van der Waals surface area (Å²) in [7, 11) is 1.88. The molecule has 5 nitrogen and oxygen atoms in total. The normalized spacial score (nSPS) is 11.3. The number of halogens is 2. The number of alkyl halides is 2. The number of nitrogens with one attached hydrogen (secondary N) is 1. The van der Waals surface area contributed by atoms with Crippen molar-refractivity contribution in [3.8, 4) is 5.75 Å². The van der Waals surface area contributed by atoms with Crippen LogP contribution in [0.15, 0.2) is 48.5 Å². The van der Waals surface area contributed by atoms with Crippen molar-refractivity contribution < 1.29 is 18.3 Å². The number of likely N-dealkylation sites (N-methyl/N-ethyl adjacent to an activating group) is 1. The maximum absolute atomic E-state index is 12.1. The zero-order chi connectivity index (χ0) is 19.9. The summed E-state index contributed by atoms with van der Waals surface area (Å²) in [6, 6.07) is 14.4. The number of hydrogen-bond donors (Lipinski definition) is 1. The Morgan fingerprint density at radius 3 is 2.68 bits per heavy atom. The van der Waals surface area contributed by atoms with E-state index in [-0.39, 0.29) is 18.2 Å². The van der Waals surface area contributed by atoms with Crippen molar-refractivity contribution in [3.05, 3.63) is 59.1 Å². The average molecular weight is 405 g/mol. The lowest BCUT2D eigenvalue weighted by molar-refractivity contribution is -0.122. The molecule has 0 aliphatic rings. The number of thiazole rings is 1. The van der Waals surface area contributed by atoms with Crippen LogP contribution in [0.2, 0.25) is 0 Å². The van der Waals surface area contributed by atoms with Gasteiger partial charge in [0.15, 0.2) is 0 Å². The lowest BCUT2D eigenvalue weighted by Gasteiger charge is -2.14. The molecule has 0 fully saturated rings. The Balaban J connectivity index is 1.40. The summed E-state index contributed by atoms with van der Waals surface area (Å²) in [5, 5.41) is 3.85. The fourth-order valence-corrected chi connectivity index (χ4v) is 3.81. The van der Waals surface area contributed by atoms with Crippen LogP contribution in [0.25, 0.3) is 10.2 Å². The number of fused-ring (bicyclic) bond motifs is 1. The Labute approximate surface area is 166 Å². The molecule has 1 aromatic heterocycles. The molecule has 0 aliphatic heterocycles. The summed E-state index contributed by atoms with van der Waals surface area (Å²) in [6.07, 6.45) is 0.613. The number of ether oxygens (including phenoxy) is 1. The summed E-state index contributed by atoms with van der Waals surface area (Å²) in [4.78, 5) is 18.6. The molecule has 8 heteroatoms.